The summed E-state index contributed by atoms with van der Waals surface area (Å²) in [5.74, 6) is 0.198. The molecule has 0 saturated carbocycles. The van der Waals surface area contributed by atoms with Gasteiger partial charge in [0.05, 0.1) is 10.6 Å². The van der Waals surface area contributed by atoms with Gasteiger partial charge in [0.15, 0.2) is 0 Å². The van der Waals surface area contributed by atoms with E-state index in [1.165, 1.54) is 12.1 Å². The Kier molecular flexibility index (Phi) is 5.47. The largest absolute Gasteiger partial charge is 0.490 e. The molecule has 0 aliphatic rings. The van der Waals surface area contributed by atoms with Crippen LogP contribution in [-0.4, -0.2) is 19.2 Å². The number of hydrogen-bond donors (Lipinski definition) is 1. The zero-order chi connectivity index (χ0) is 15.2. The number of carbonyl (C=O) groups excluding carboxylic acids is 1. The summed E-state index contributed by atoms with van der Waals surface area (Å²) >= 11 is 9.28. The lowest BCUT2D eigenvalue weighted by atomic mass is 10.2. The van der Waals surface area contributed by atoms with Crippen molar-refractivity contribution in [1.29, 1.82) is 0 Å². The lowest BCUT2D eigenvalue weighted by Gasteiger charge is -2.08. The average molecular weight is 371 g/mol. The zero-order valence-electron chi connectivity index (χ0n) is 11.0. The van der Waals surface area contributed by atoms with Gasteiger partial charge in [-0.15, -0.1) is 0 Å². The van der Waals surface area contributed by atoms with E-state index >= 15 is 0 Å². The van der Waals surface area contributed by atoms with Crippen LogP contribution in [0.3, 0.4) is 0 Å². The van der Waals surface area contributed by atoms with Crippen molar-refractivity contribution in [3.05, 3.63) is 57.5 Å². The van der Waals surface area contributed by atoms with E-state index in [1.807, 2.05) is 24.3 Å². The fraction of sp³-hybridized carbons (Fsp3) is 0.133. The lowest BCUT2D eigenvalue weighted by molar-refractivity contribution is 0.0450. The standard InChI is InChI=1S/C15H13BrClNO3/c16-10-2-1-3-12(8-10)20-6-7-21-15(19)13-5-4-11(18)9-14(13)17/h1-5,8-9H,6-7,18H2. The van der Waals surface area contributed by atoms with Crippen LogP contribution in [0.5, 0.6) is 5.75 Å². The minimum absolute atomic E-state index is 0.131. The third-order valence-electron chi connectivity index (χ3n) is 2.59. The molecule has 0 aliphatic carbocycles. The van der Waals surface area contributed by atoms with E-state index in [4.69, 9.17) is 26.8 Å². The van der Waals surface area contributed by atoms with Crippen molar-refractivity contribution in [2.45, 2.75) is 0 Å². The van der Waals surface area contributed by atoms with Crippen LogP contribution in [0, 0.1) is 0 Å². The summed E-state index contributed by atoms with van der Waals surface area (Å²) in [7, 11) is 0. The monoisotopic (exact) mass is 369 g/mol. The van der Waals surface area contributed by atoms with Gasteiger partial charge >= 0.3 is 5.97 Å². The Morgan fingerprint density at radius 3 is 2.71 bits per heavy atom. The van der Waals surface area contributed by atoms with Gasteiger partial charge in [-0.1, -0.05) is 33.6 Å². The van der Waals surface area contributed by atoms with Crippen LogP contribution in [0.1, 0.15) is 10.4 Å². The van der Waals surface area contributed by atoms with E-state index in [0.29, 0.717) is 11.4 Å². The van der Waals surface area contributed by atoms with Gasteiger partial charge in [0, 0.05) is 10.2 Å². The molecule has 0 saturated heterocycles. The highest BCUT2D eigenvalue weighted by molar-refractivity contribution is 9.10. The first-order valence-electron chi connectivity index (χ1n) is 6.17. The highest BCUT2D eigenvalue weighted by Crippen LogP contribution is 2.20. The summed E-state index contributed by atoms with van der Waals surface area (Å²) in [6.07, 6.45) is 0. The second-order valence-electron chi connectivity index (χ2n) is 4.18. The predicted molar refractivity (Wildman–Crippen MR) is 85.8 cm³/mol. The Hall–Kier alpha value is -1.72. The van der Waals surface area contributed by atoms with Gasteiger partial charge in [0.1, 0.15) is 19.0 Å². The van der Waals surface area contributed by atoms with Gasteiger partial charge in [0.2, 0.25) is 0 Å². The topological polar surface area (TPSA) is 61.6 Å². The minimum Gasteiger partial charge on any atom is -0.490 e. The number of esters is 1. The van der Waals surface area contributed by atoms with Gasteiger partial charge in [-0.3, -0.25) is 0 Å². The molecule has 0 amide bonds. The number of nitrogens with two attached hydrogens (primary N) is 1. The first-order chi connectivity index (χ1) is 10.1. The molecule has 0 aromatic heterocycles. The van der Waals surface area contributed by atoms with Crippen molar-refractivity contribution in [3.8, 4) is 5.75 Å². The molecule has 2 N–H and O–H groups in total. The van der Waals surface area contributed by atoms with Gasteiger partial charge < -0.3 is 15.2 Å². The van der Waals surface area contributed by atoms with Crippen molar-refractivity contribution in [2.75, 3.05) is 18.9 Å². The average Bonchev–Trinajstić information content (AvgIpc) is 2.43. The Labute approximate surface area is 135 Å². The molecule has 0 aliphatic heterocycles. The molecule has 2 rings (SSSR count). The Morgan fingerprint density at radius 2 is 2.00 bits per heavy atom. The molecular weight excluding hydrogens is 358 g/mol. The maximum absolute atomic E-state index is 11.8. The summed E-state index contributed by atoms with van der Waals surface area (Å²) in [5, 5.41) is 0.271. The molecular formula is C15H13BrClNO3. The van der Waals surface area contributed by atoms with Crippen LogP contribution < -0.4 is 10.5 Å². The Balaban J connectivity index is 1.82. The molecule has 2 aromatic rings. The first kappa shape index (κ1) is 15.7. The summed E-state index contributed by atoms with van der Waals surface area (Å²) in [6.45, 7) is 0.390. The number of ether oxygens (including phenoxy) is 2. The van der Waals surface area contributed by atoms with Gasteiger partial charge in [-0.05, 0) is 36.4 Å². The smallest absolute Gasteiger partial charge is 0.339 e. The SMILES string of the molecule is Nc1ccc(C(=O)OCCOc2cccc(Br)c2)c(Cl)c1. The maximum Gasteiger partial charge on any atom is 0.339 e. The van der Waals surface area contributed by atoms with Crippen LogP contribution in [0.2, 0.25) is 5.02 Å². The number of carbonyl (C=O) groups is 1. The zero-order valence-corrected chi connectivity index (χ0v) is 13.4. The summed E-state index contributed by atoms with van der Waals surface area (Å²) < 4.78 is 11.5. The van der Waals surface area contributed by atoms with E-state index in [1.54, 1.807) is 6.07 Å². The molecule has 4 nitrogen and oxygen atoms in total. The van der Waals surface area contributed by atoms with Crippen LogP contribution in [-0.2, 0) is 4.74 Å². The van der Waals surface area contributed by atoms with E-state index in [2.05, 4.69) is 15.9 Å². The van der Waals surface area contributed by atoms with Gasteiger partial charge in [0.25, 0.3) is 0 Å². The van der Waals surface area contributed by atoms with E-state index in [-0.39, 0.29) is 23.8 Å². The first-order valence-corrected chi connectivity index (χ1v) is 7.34. The summed E-state index contributed by atoms with van der Waals surface area (Å²) in [4.78, 5) is 11.8. The van der Waals surface area contributed by atoms with Gasteiger partial charge in [-0.25, -0.2) is 4.79 Å². The quantitative estimate of drug-likeness (QED) is 0.492. The summed E-state index contributed by atoms with van der Waals surface area (Å²) in [5.41, 5.74) is 6.35. The fourth-order valence-corrected chi connectivity index (χ4v) is 2.27. The van der Waals surface area contributed by atoms with Crippen LogP contribution in [0.25, 0.3) is 0 Å². The molecule has 0 unspecified atom stereocenters. The van der Waals surface area contributed by atoms with Crippen molar-refractivity contribution in [2.24, 2.45) is 0 Å². The third-order valence-corrected chi connectivity index (χ3v) is 3.40. The van der Waals surface area contributed by atoms with Crippen molar-refractivity contribution in [3.63, 3.8) is 0 Å². The number of nitrogen functional groups attached to an aromatic ring is 1. The van der Waals surface area contributed by atoms with Crippen LogP contribution in [0.15, 0.2) is 46.9 Å². The van der Waals surface area contributed by atoms with E-state index < -0.39 is 5.97 Å². The van der Waals surface area contributed by atoms with Gasteiger partial charge in [-0.2, -0.15) is 0 Å². The predicted octanol–water partition coefficient (Wildman–Crippen LogP) is 3.92. The number of hydrogen-bond acceptors (Lipinski definition) is 4. The second kappa shape index (κ2) is 7.33. The molecule has 0 radical (unpaired) electrons. The van der Waals surface area contributed by atoms with E-state index in [0.717, 1.165) is 4.47 Å². The van der Waals surface area contributed by atoms with Crippen LogP contribution >= 0.6 is 27.5 Å². The third kappa shape index (κ3) is 4.65. The molecule has 0 fully saturated rings. The normalized spacial score (nSPS) is 10.2. The fourth-order valence-electron chi connectivity index (χ4n) is 1.63. The highest BCUT2D eigenvalue weighted by atomic mass is 79.9. The Bertz CT molecular complexity index is 649. The Morgan fingerprint density at radius 1 is 1.19 bits per heavy atom. The van der Waals surface area contributed by atoms with Crippen molar-refractivity contribution >= 4 is 39.2 Å². The second-order valence-corrected chi connectivity index (χ2v) is 5.50. The number of rotatable bonds is 5. The molecule has 6 heteroatoms. The molecule has 0 heterocycles. The molecule has 110 valence electrons. The number of halogens is 2. The molecule has 2 aromatic carbocycles. The molecule has 0 bridgehead atoms. The van der Waals surface area contributed by atoms with E-state index in [9.17, 15) is 4.79 Å². The summed E-state index contributed by atoms with van der Waals surface area (Å²) in [6, 6.07) is 12.1. The van der Waals surface area contributed by atoms with Crippen molar-refractivity contribution in [1.82, 2.24) is 0 Å². The highest BCUT2D eigenvalue weighted by Gasteiger charge is 2.11. The molecule has 21 heavy (non-hydrogen) atoms. The van der Waals surface area contributed by atoms with Crippen LogP contribution in [0.4, 0.5) is 5.69 Å². The number of anilines is 1. The number of benzene rings is 2. The molecule has 0 atom stereocenters. The molecule has 0 spiro atoms. The van der Waals surface area contributed by atoms with Crippen molar-refractivity contribution < 1.29 is 14.3 Å². The minimum atomic E-state index is -0.502. The maximum atomic E-state index is 11.8. The lowest BCUT2D eigenvalue weighted by Crippen LogP contribution is -2.12.